The number of amides is 1. The van der Waals surface area contributed by atoms with Gasteiger partial charge in [0.25, 0.3) is 0 Å². The van der Waals surface area contributed by atoms with Crippen molar-refractivity contribution in [2.75, 3.05) is 19.6 Å². The number of carbonyl (C=O) groups excluding carboxylic acids is 3. The molecule has 0 fully saturated rings. The minimum Gasteiger partial charge on any atom is -0.519 e. The molecule has 0 atom stereocenters. The maximum absolute atomic E-state index is 12.2. The van der Waals surface area contributed by atoms with Gasteiger partial charge in [-0.15, -0.1) is 0 Å². The highest BCUT2D eigenvalue weighted by molar-refractivity contribution is 6.75. The fraction of sp³-hybridized carbons (Fsp3) is 0.800. The summed E-state index contributed by atoms with van der Waals surface area (Å²) in [5.74, 6) is -1.03. The van der Waals surface area contributed by atoms with Crippen molar-refractivity contribution in [1.82, 2.24) is 9.88 Å². The fourth-order valence-electron chi connectivity index (χ4n) is 1.94. The molecule has 0 unspecified atom stereocenters. The Morgan fingerprint density at radius 3 is 1.36 bits per heavy atom. The van der Waals surface area contributed by atoms with E-state index in [1.807, 2.05) is 58.9 Å². The van der Waals surface area contributed by atoms with Crippen molar-refractivity contribution in [2.24, 2.45) is 0 Å². The molecule has 25 heavy (non-hydrogen) atoms. The Balaban J connectivity index is 4.95. The topological polar surface area (TPSA) is 84.9 Å². The van der Waals surface area contributed by atoms with Gasteiger partial charge in [0.15, 0.2) is 0 Å². The first-order chi connectivity index (χ1) is 11.0. The van der Waals surface area contributed by atoms with E-state index in [0.29, 0.717) is 0 Å². The number of rotatable bonds is 9. The van der Waals surface area contributed by atoms with Crippen LogP contribution < -0.4 is 4.98 Å². The molecule has 0 aliphatic rings. The first kappa shape index (κ1) is 24.0. The van der Waals surface area contributed by atoms with E-state index in [4.69, 9.17) is 8.85 Å². The largest absolute Gasteiger partial charge is 0.519 e. The summed E-state index contributed by atoms with van der Waals surface area (Å²) in [4.78, 5) is 40.9. The maximum Gasteiger partial charge on any atom is 0.306 e. The third-order valence-corrected chi connectivity index (χ3v) is 5.14. The zero-order chi connectivity index (χ0) is 20.1. The molecule has 0 spiro atoms. The Morgan fingerprint density at radius 2 is 1.08 bits per heavy atom. The number of nitrogens with zero attached hydrogens (tertiary/aromatic N) is 1. The van der Waals surface area contributed by atoms with Gasteiger partial charge >= 0.3 is 11.9 Å². The van der Waals surface area contributed by atoms with Gasteiger partial charge < -0.3 is 13.8 Å². The van der Waals surface area contributed by atoms with Gasteiger partial charge in [-0.25, -0.2) is 0 Å². The monoisotopic (exact) mass is 406 g/mol. The minimum absolute atomic E-state index is 0.0358. The summed E-state index contributed by atoms with van der Waals surface area (Å²) in [5, 5.41) is 0. The second-order valence-electron chi connectivity index (χ2n) is 9.12. The van der Waals surface area contributed by atoms with E-state index in [0.717, 1.165) is 0 Å². The van der Waals surface area contributed by atoms with Crippen LogP contribution in [0.2, 0.25) is 58.9 Å². The summed E-state index contributed by atoms with van der Waals surface area (Å²) in [7, 11) is -5.83. The molecule has 0 aliphatic heterocycles. The zero-order valence-corrected chi connectivity index (χ0v) is 20.1. The lowest BCUT2D eigenvalue weighted by molar-refractivity contribution is -0.140. The van der Waals surface area contributed by atoms with Gasteiger partial charge in [0.2, 0.25) is 22.5 Å². The molecule has 0 aromatic heterocycles. The van der Waals surface area contributed by atoms with Crippen LogP contribution in [-0.2, 0) is 23.2 Å². The summed E-state index contributed by atoms with van der Waals surface area (Å²) in [6.45, 7) is 17.2. The van der Waals surface area contributed by atoms with Gasteiger partial charge in [-0.05, 0) is 39.3 Å². The van der Waals surface area contributed by atoms with Crippen molar-refractivity contribution in [3.8, 4) is 0 Å². The SMILES string of the molecule is C[Si](C)(C)NC(=O)CN(CC(=O)O[Si](C)(C)C)CC(=O)O[Si](C)(C)C. The standard InChI is InChI=1S/C15H34N2O5Si3/c1-23(2,3)16-13(18)10-17(11-14(19)21-24(4,5)6)12-15(20)22-25(7,8)9/h10-12H2,1-9H3,(H,16,18). The van der Waals surface area contributed by atoms with Crippen molar-refractivity contribution >= 4 is 42.7 Å². The maximum atomic E-state index is 12.2. The molecule has 0 saturated carbocycles. The van der Waals surface area contributed by atoms with Crippen LogP contribution in [-0.4, -0.2) is 67.3 Å². The summed E-state index contributed by atoms with van der Waals surface area (Å²) in [6, 6.07) is 0. The first-order valence-corrected chi connectivity index (χ1v) is 18.8. The van der Waals surface area contributed by atoms with E-state index in [1.54, 1.807) is 0 Å². The highest BCUT2D eigenvalue weighted by Gasteiger charge is 2.27. The van der Waals surface area contributed by atoms with Crippen LogP contribution in [0.3, 0.4) is 0 Å². The van der Waals surface area contributed by atoms with E-state index >= 15 is 0 Å². The second kappa shape index (κ2) is 9.10. The molecular weight excluding hydrogens is 372 g/mol. The summed E-state index contributed by atoms with van der Waals surface area (Å²) in [6.07, 6.45) is 0. The van der Waals surface area contributed by atoms with Crippen LogP contribution in [0.5, 0.6) is 0 Å². The van der Waals surface area contributed by atoms with Crippen molar-refractivity contribution in [3.05, 3.63) is 0 Å². The predicted molar refractivity (Wildman–Crippen MR) is 107 cm³/mol. The highest BCUT2D eigenvalue weighted by atomic mass is 28.4. The lowest BCUT2D eigenvalue weighted by Crippen LogP contribution is -2.51. The Kier molecular flexibility index (Phi) is 8.75. The Hall–Kier alpha value is -0.979. The molecule has 10 heteroatoms. The van der Waals surface area contributed by atoms with Gasteiger partial charge in [0, 0.05) is 0 Å². The average Bonchev–Trinajstić information content (AvgIpc) is 2.18. The molecular formula is C15H34N2O5Si3. The number of hydrogen-bond acceptors (Lipinski definition) is 6. The molecule has 0 aromatic rings. The third kappa shape index (κ3) is 15.0. The minimum atomic E-state index is -2.02. The van der Waals surface area contributed by atoms with Gasteiger partial charge in [-0.2, -0.15) is 0 Å². The highest BCUT2D eigenvalue weighted by Crippen LogP contribution is 2.06. The molecule has 0 radical (unpaired) electrons. The normalized spacial score (nSPS) is 12.7. The van der Waals surface area contributed by atoms with E-state index in [-0.39, 0.29) is 25.5 Å². The number of carbonyl (C=O) groups is 3. The molecule has 1 N–H and O–H groups in total. The Labute approximate surface area is 154 Å². The average molecular weight is 407 g/mol. The zero-order valence-electron chi connectivity index (χ0n) is 17.1. The van der Waals surface area contributed by atoms with Gasteiger partial charge in [0.05, 0.1) is 19.6 Å². The summed E-state index contributed by atoms with van der Waals surface area (Å²) < 4.78 is 10.8. The van der Waals surface area contributed by atoms with Crippen LogP contribution in [0.1, 0.15) is 0 Å². The molecule has 0 bridgehead atoms. The lowest BCUT2D eigenvalue weighted by atomic mass is 10.4. The van der Waals surface area contributed by atoms with Crippen LogP contribution >= 0.6 is 0 Å². The summed E-state index contributed by atoms with van der Waals surface area (Å²) >= 11 is 0. The number of hydrogen-bond donors (Lipinski definition) is 1. The van der Waals surface area contributed by atoms with Gasteiger partial charge in [0.1, 0.15) is 8.24 Å². The third-order valence-electron chi connectivity index (χ3n) is 2.43. The lowest BCUT2D eigenvalue weighted by Gasteiger charge is -2.26. The van der Waals surface area contributed by atoms with Crippen molar-refractivity contribution in [2.45, 2.75) is 58.9 Å². The molecule has 0 saturated heterocycles. The van der Waals surface area contributed by atoms with Gasteiger partial charge in [-0.3, -0.25) is 19.3 Å². The molecule has 0 heterocycles. The predicted octanol–water partition coefficient (Wildman–Crippen LogP) is 2.00. The second-order valence-corrected chi connectivity index (χ2v) is 22.7. The van der Waals surface area contributed by atoms with Gasteiger partial charge in [-0.1, -0.05) is 19.6 Å². The summed E-state index contributed by atoms with van der Waals surface area (Å²) in [5.41, 5.74) is 0. The Morgan fingerprint density at radius 1 is 0.720 bits per heavy atom. The fourth-order valence-corrected chi connectivity index (χ4v) is 4.35. The van der Waals surface area contributed by atoms with Crippen LogP contribution in [0.4, 0.5) is 0 Å². The molecule has 0 rings (SSSR count). The Bertz CT molecular complexity index is 422. The van der Waals surface area contributed by atoms with Crippen LogP contribution in [0.25, 0.3) is 0 Å². The van der Waals surface area contributed by atoms with E-state index in [1.165, 1.54) is 4.90 Å². The van der Waals surface area contributed by atoms with Crippen molar-refractivity contribution < 1.29 is 23.2 Å². The van der Waals surface area contributed by atoms with Crippen molar-refractivity contribution in [1.29, 1.82) is 0 Å². The quantitative estimate of drug-likeness (QED) is 0.590. The molecule has 0 aromatic carbocycles. The molecule has 0 aliphatic carbocycles. The van der Waals surface area contributed by atoms with E-state index in [2.05, 4.69) is 4.98 Å². The van der Waals surface area contributed by atoms with Crippen LogP contribution in [0.15, 0.2) is 0 Å². The van der Waals surface area contributed by atoms with Crippen molar-refractivity contribution in [3.63, 3.8) is 0 Å². The molecule has 1 amide bonds. The van der Waals surface area contributed by atoms with E-state index < -0.39 is 36.8 Å². The number of nitrogens with one attached hydrogen (secondary N) is 1. The van der Waals surface area contributed by atoms with E-state index in [9.17, 15) is 14.4 Å². The molecule has 146 valence electrons. The molecule has 7 nitrogen and oxygen atoms in total. The van der Waals surface area contributed by atoms with Crippen LogP contribution in [0, 0.1) is 0 Å². The first-order valence-electron chi connectivity index (χ1n) is 8.44. The smallest absolute Gasteiger partial charge is 0.306 e.